The Morgan fingerprint density at radius 2 is 1.87 bits per heavy atom. The molecule has 0 saturated carbocycles. The van der Waals surface area contributed by atoms with Crippen LogP contribution in [-0.2, 0) is 17.8 Å². The van der Waals surface area contributed by atoms with E-state index in [9.17, 15) is 4.79 Å². The first kappa shape index (κ1) is 19.5. The molecule has 0 spiro atoms. The smallest absolute Gasteiger partial charge is 0.220 e. The molecule has 0 aliphatic carbocycles. The number of carbonyl (C=O) groups excluding carboxylic acids is 1. The van der Waals surface area contributed by atoms with E-state index >= 15 is 0 Å². The number of nitrogens with zero attached hydrogens (tertiary/aromatic N) is 3. The Bertz CT molecular complexity index is 1090. The zero-order chi connectivity index (χ0) is 20.6. The van der Waals surface area contributed by atoms with Gasteiger partial charge in [0.05, 0.1) is 11.9 Å². The van der Waals surface area contributed by atoms with Gasteiger partial charge in [0.25, 0.3) is 0 Å². The second kappa shape index (κ2) is 9.60. The third kappa shape index (κ3) is 4.97. The van der Waals surface area contributed by atoms with Crippen molar-refractivity contribution in [2.75, 3.05) is 0 Å². The fraction of sp³-hybridized carbons (Fsp3) is 0.167. The number of carbonyl (C=O) groups is 1. The minimum Gasteiger partial charge on any atom is -0.352 e. The van der Waals surface area contributed by atoms with E-state index in [1.165, 1.54) is 0 Å². The van der Waals surface area contributed by atoms with Gasteiger partial charge < -0.3 is 5.32 Å². The number of aryl methyl sites for hydroxylation is 1. The van der Waals surface area contributed by atoms with Gasteiger partial charge in [0.2, 0.25) is 5.91 Å². The second-order valence-electron chi connectivity index (χ2n) is 7.05. The molecule has 150 valence electrons. The van der Waals surface area contributed by atoms with Gasteiger partial charge in [-0.25, -0.2) is 0 Å². The van der Waals surface area contributed by atoms with Gasteiger partial charge in [-0.05, 0) is 54.3 Å². The number of aromatic nitrogens is 4. The fourth-order valence-electron chi connectivity index (χ4n) is 3.36. The summed E-state index contributed by atoms with van der Waals surface area (Å²) in [5.41, 5.74) is 6.11. The van der Waals surface area contributed by atoms with Crippen molar-refractivity contribution < 1.29 is 4.79 Å². The molecule has 2 N–H and O–H groups in total. The lowest BCUT2D eigenvalue weighted by Gasteiger charge is -2.08. The molecule has 1 amide bonds. The van der Waals surface area contributed by atoms with E-state index < -0.39 is 0 Å². The summed E-state index contributed by atoms with van der Waals surface area (Å²) in [6.07, 6.45) is 9.22. The molecule has 0 aliphatic rings. The molecule has 3 aromatic heterocycles. The first-order valence-electron chi connectivity index (χ1n) is 9.99. The highest BCUT2D eigenvalue weighted by molar-refractivity contribution is 5.80. The molecule has 0 unspecified atom stereocenters. The lowest BCUT2D eigenvalue weighted by Crippen LogP contribution is -2.22. The van der Waals surface area contributed by atoms with E-state index in [1.807, 2.05) is 54.7 Å². The average Bonchev–Trinajstić information content (AvgIpc) is 3.29. The predicted octanol–water partition coefficient (Wildman–Crippen LogP) is 4.17. The van der Waals surface area contributed by atoms with Crippen LogP contribution in [0.4, 0.5) is 0 Å². The maximum atomic E-state index is 12.2. The molecule has 0 radical (unpaired) electrons. The van der Waals surface area contributed by atoms with E-state index in [0.29, 0.717) is 13.0 Å². The maximum absolute atomic E-state index is 12.2. The number of amides is 1. The third-order valence-electron chi connectivity index (χ3n) is 4.90. The molecule has 4 aromatic rings. The molecule has 0 atom stereocenters. The number of benzene rings is 1. The number of nitrogens with one attached hydrogen (secondary N) is 2. The van der Waals surface area contributed by atoms with Crippen LogP contribution in [0.2, 0.25) is 0 Å². The molecule has 4 rings (SSSR count). The summed E-state index contributed by atoms with van der Waals surface area (Å²) >= 11 is 0. The SMILES string of the molecule is O=C(CCCc1ccccn1)NCc1cccc(-c2[nH]ncc2-c2ccncc2)c1. The van der Waals surface area contributed by atoms with E-state index in [4.69, 9.17) is 0 Å². The number of aromatic amines is 1. The number of hydrogen-bond acceptors (Lipinski definition) is 4. The van der Waals surface area contributed by atoms with Crippen molar-refractivity contribution in [3.05, 3.63) is 90.6 Å². The van der Waals surface area contributed by atoms with Gasteiger partial charge in [0.1, 0.15) is 0 Å². The van der Waals surface area contributed by atoms with Gasteiger partial charge in [-0.15, -0.1) is 0 Å². The standard InChI is InChI=1S/C24H23N5O/c30-23(9-4-8-21-7-1-2-12-26-21)27-16-18-5-3-6-20(15-18)24-22(17-28-29-24)19-10-13-25-14-11-19/h1-3,5-7,10-15,17H,4,8-9,16H2,(H,27,30)(H,28,29). The summed E-state index contributed by atoms with van der Waals surface area (Å²) in [5.74, 6) is 0.0512. The highest BCUT2D eigenvalue weighted by atomic mass is 16.1. The summed E-state index contributed by atoms with van der Waals surface area (Å²) in [4.78, 5) is 20.6. The van der Waals surface area contributed by atoms with E-state index in [0.717, 1.165) is 46.5 Å². The summed E-state index contributed by atoms with van der Waals surface area (Å²) in [6.45, 7) is 0.495. The number of rotatable bonds is 8. The molecule has 0 aliphatic heterocycles. The largest absolute Gasteiger partial charge is 0.352 e. The van der Waals surface area contributed by atoms with Crippen molar-refractivity contribution in [2.24, 2.45) is 0 Å². The zero-order valence-corrected chi connectivity index (χ0v) is 16.6. The molecule has 1 aromatic carbocycles. The average molecular weight is 397 g/mol. The van der Waals surface area contributed by atoms with Crippen LogP contribution in [0.3, 0.4) is 0 Å². The summed E-state index contributed by atoms with van der Waals surface area (Å²) in [7, 11) is 0. The van der Waals surface area contributed by atoms with Crippen molar-refractivity contribution in [3.63, 3.8) is 0 Å². The summed E-state index contributed by atoms with van der Waals surface area (Å²) in [5, 5.41) is 10.3. The van der Waals surface area contributed by atoms with E-state index in [-0.39, 0.29) is 5.91 Å². The number of hydrogen-bond donors (Lipinski definition) is 2. The molecule has 0 saturated heterocycles. The predicted molar refractivity (Wildman–Crippen MR) is 116 cm³/mol. The lowest BCUT2D eigenvalue weighted by molar-refractivity contribution is -0.121. The van der Waals surface area contributed by atoms with Crippen LogP contribution in [0.1, 0.15) is 24.1 Å². The Morgan fingerprint density at radius 3 is 2.70 bits per heavy atom. The summed E-state index contributed by atoms with van der Waals surface area (Å²) < 4.78 is 0. The van der Waals surface area contributed by atoms with Crippen molar-refractivity contribution in [1.29, 1.82) is 0 Å². The molecule has 0 fully saturated rings. The molecule has 3 heterocycles. The van der Waals surface area contributed by atoms with Gasteiger partial charge in [-0.3, -0.25) is 19.9 Å². The summed E-state index contributed by atoms with van der Waals surface area (Å²) in [6, 6.07) is 17.9. The van der Waals surface area contributed by atoms with Crippen LogP contribution >= 0.6 is 0 Å². The quantitative estimate of drug-likeness (QED) is 0.467. The van der Waals surface area contributed by atoms with Crippen LogP contribution in [0.15, 0.2) is 79.4 Å². The van der Waals surface area contributed by atoms with E-state index in [1.54, 1.807) is 18.6 Å². The topological polar surface area (TPSA) is 83.6 Å². The Balaban J connectivity index is 1.35. The third-order valence-corrected chi connectivity index (χ3v) is 4.90. The van der Waals surface area contributed by atoms with Gasteiger partial charge in [-0.1, -0.05) is 24.3 Å². The van der Waals surface area contributed by atoms with Crippen LogP contribution < -0.4 is 5.32 Å². The van der Waals surface area contributed by atoms with E-state index in [2.05, 4.69) is 31.5 Å². The molecule has 0 bridgehead atoms. The molecular weight excluding hydrogens is 374 g/mol. The Hall–Kier alpha value is -3.80. The van der Waals surface area contributed by atoms with Crippen molar-refractivity contribution in [2.45, 2.75) is 25.8 Å². The second-order valence-corrected chi connectivity index (χ2v) is 7.05. The van der Waals surface area contributed by atoms with Crippen molar-refractivity contribution in [3.8, 4) is 22.4 Å². The van der Waals surface area contributed by atoms with Crippen LogP contribution in [0.25, 0.3) is 22.4 Å². The minimum absolute atomic E-state index is 0.0512. The van der Waals surface area contributed by atoms with Gasteiger partial charge >= 0.3 is 0 Å². The fourth-order valence-corrected chi connectivity index (χ4v) is 3.36. The number of H-pyrrole nitrogens is 1. The van der Waals surface area contributed by atoms with Crippen molar-refractivity contribution in [1.82, 2.24) is 25.5 Å². The molecular formula is C24H23N5O. The highest BCUT2D eigenvalue weighted by Crippen LogP contribution is 2.30. The molecule has 6 heteroatoms. The monoisotopic (exact) mass is 397 g/mol. The molecule has 6 nitrogen and oxygen atoms in total. The lowest BCUT2D eigenvalue weighted by atomic mass is 10.0. The first-order chi connectivity index (χ1) is 14.8. The van der Waals surface area contributed by atoms with Crippen LogP contribution in [-0.4, -0.2) is 26.1 Å². The maximum Gasteiger partial charge on any atom is 0.220 e. The van der Waals surface area contributed by atoms with Gasteiger partial charge in [0, 0.05) is 48.4 Å². The van der Waals surface area contributed by atoms with Gasteiger partial charge in [-0.2, -0.15) is 5.10 Å². The van der Waals surface area contributed by atoms with Crippen LogP contribution in [0.5, 0.6) is 0 Å². The van der Waals surface area contributed by atoms with Crippen LogP contribution in [0, 0.1) is 0 Å². The minimum atomic E-state index is 0.0512. The Labute approximate surface area is 175 Å². The zero-order valence-electron chi connectivity index (χ0n) is 16.6. The van der Waals surface area contributed by atoms with Gasteiger partial charge in [0.15, 0.2) is 0 Å². The Kier molecular flexibility index (Phi) is 6.25. The normalized spacial score (nSPS) is 10.7. The first-order valence-corrected chi connectivity index (χ1v) is 9.99. The highest BCUT2D eigenvalue weighted by Gasteiger charge is 2.10. The Morgan fingerprint density at radius 1 is 0.967 bits per heavy atom. The molecule has 30 heavy (non-hydrogen) atoms. The van der Waals surface area contributed by atoms with Crippen molar-refractivity contribution >= 4 is 5.91 Å². The number of pyridine rings is 2.